The van der Waals surface area contributed by atoms with Crippen LogP contribution in [0.4, 0.5) is 18.9 Å². The molecular formula is C18H17F3N2O7S. The number of alkyl halides is 3. The number of carbonyl (C=O) groups is 2. The molecule has 13 heteroatoms. The van der Waals surface area contributed by atoms with Crippen LogP contribution in [-0.4, -0.2) is 38.8 Å². The second kappa shape index (κ2) is 8.59. The highest BCUT2D eigenvalue weighted by molar-refractivity contribution is 7.89. The number of nitrogens with one attached hydrogen (secondary N) is 2. The lowest BCUT2D eigenvalue weighted by molar-refractivity contribution is -0.274. The first kappa shape index (κ1) is 22.6. The number of amides is 1. The van der Waals surface area contributed by atoms with E-state index in [2.05, 4.69) is 14.8 Å². The van der Waals surface area contributed by atoms with Gasteiger partial charge in [0.1, 0.15) is 5.75 Å². The summed E-state index contributed by atoms with van der Waals surface area (Å²) in [6.07, 6.45) is -4.71. The predicted molar refractivity (Wildman–Crippen MR) is 98.7 cm³/mol. The lowest BCUT2D eigenvalue weighted by atomic mass is 10.3. The maximum Gasteiger partial charge on any atom is 0.573 e. The van der Waals surface area contributed by atoms with Crippen molar-refractivity contribution in [3.05, 3.63) is 42.2 Å². The van der Waals surface area contributed by atoms with Crippen LogP contribution < -0.4 is 14.8 Å². The average Bonchev–Trinajstić information content (AvgIpc) is 3.30. The number of hydrogen-bond donors (Lipinski definition) is 2. The lowest BCUT2D eigenvalue weighted by Gasteiger charge is -2.13. The summed E-state index contributed by atoms with van der Waals surface area (Å²) in [4.78, 5) is 24.3. The number of sulfonamides is 1. The van der Waals surface area contributed by atoms with Gasteiger partial charge in [-0.05, 0) is 56.2 Å². The van der Waals surface area contributed by atoms with Gasteiger partial charge in [-0.1, -0.05) is 0 Å². The van der Waals surface area contributed by atoms with Crippen LogP contribution in [0.2, 0.25) is 0 Å². The summed E-state index contributed by atoms with van der Waals surface area (Å²) >= 11 is 0. The fraction of sp³-hybridized carbons (Fsp3) is 0.333. The minimum atomic E-state index is -4.84. The van der Waals surface area contributed by atoms with Crippen LogP contribution >= 0.6 is 0 Å². The highest BCUT2D eigenvalue weighted by atomic mass is 32.2. The fourth-order valence-corrected chi connectivity index (χ4v) is 3.55. The summed E-state index contributed by atoms with van der Waals surface area (Å²) in [6.45, 7) is 1.25. The Hall–Kier alpha value is -3.06. The van der Waals surface area contributed by atoms with Crippen LogP contribution in [0.15, 0.2) is 45.9 Å². The van der Waals surface area contributed by atoms with E-state index in [9.17, 15) is 31.2 Å². The summed E-state index contributed by atoms with van der Waals surface area (Å²) in [5.74, 6) is -2.72. The highest BCUT2D eigenvalue weighted by Gasteiger charge is 2.32. The molecule has 1 aliphatic rings. The molecule has 1 saturated carbocycles. The number of halogens is 3. The number of carbonyl (C=O) groups excluding carboxylic acids is 2. The monoisotopic (exact) mass is 462 g/mol. The average molecular weight is 462 g/mol. The molecule has 0 radical (unpaired) electrons. The van der Waals surface area contributed by atoms with Crippen molar-refractivity contribution in [3.8, 4) is 5.75 Å². The minimum Gasteiger partial charge on any atom is -0.447 e. The van der Waals surface area contributed by atoms with Crippen LogP contribution in [0, 0.1) is 0 Å². The van der Waals surface area contributed by atoms with Gasteiger partial charge in [0.05, 0.1) is 0 Å². The van der Waals surface area contributed by atoms with Gasteiger partial charge in [0.2, 0.25) is 10.9 Å². The summed E-state index contributed by atoms with van der Waals surface area (Å²) in [7, 11) is -3.89. The van der Waals surface area contributed by atoms with Crippen molar-refractivity contribution in [2.45, 2.75) is 43.4 Å². The van der Waals surface area contributed by atoms with E-state index < -0.39 is 51.0 Å². The Bertz CT molecular complexity index is 1060. The molecule has 2 N–H and O–H groups in total. The van der Waals surface area contributed by atoms with Gasteiger partial charge in [0, 0.05) is 11.7 Å². The smallest absolute Gasteiger partial charge is 0.447 e. The summed E-state index contributed by atoms with van der Waals surface area (Å²) in [5.41, 5.74) is 0.139. The van der Waals surface area contributed by atoms with Crippen molar-refractivity contribution in [2.24, 2.45) is 0 Å². The maximum absolute atomic E-state index is 12.2. The van der Waals surface area contributed by atoms with E-state index in [4.69, 9.17) is 9.15 Å². The quantitative estimate of drug-likeness (QED) is 0.578. The molecule has 9 nitrogen and oxygen atoms in total. The molecule has 168 valence electrons. The van der Waals surface area contributed by atoms with Gasteiger partial charge in [0.15, 0.2) is 6.10 Å². The summed E-state index contributed by atoms with van der Waals surface area (Å²) in [6, 6.07) is 6.39. The molecule has 1 aromatic carbocycles. The Balaban J connectivity index is 1.55. The molecule has 0 saturated heterocycles. The SMILES string of the molecule is CC(OC(=O)c1ccc(S(=O)(=O)NC2CC2)o1)C(=O)Nc1ccc(OC(F)(F)F)cc1. The van der Waals surface area contributed by atoms with Crippen LogP contribution in [0.5, 0.6) is 5.75 Å². The van der Waals surface area contributed by atoms with Crippen LogP contribution in [0.3, 0.4) is 0 Å². The summed E-state index contributed by atoms with van der Waals surface area (Å²) < 4.78 is 76.7. The van der Waals surface area contributed by atoms with Gasteiger partial charge in [0.25, 0.3) is 15.9 Å². The number of hydrogen-bond acceptors (Lipinski definition) is 7. The number of benzene rings is 1. The molecule has 1 fully saturated rings. The first-order chi connectivity index (χ1) is 14.4. The third-order valence-electron chi connectivity index (χ3n) is 3.96. The Morgan fingerprint density at radius 2 is 1.77 bits per heavy atom. The first-order valence-electron chi connectivity index (χ1n) is 8.93. The fourth-order valence-electron chi connectivity index (χ4n) is 2.31. The first-order valence-corrected chi connectivity index (χ1v) is 10.4. The molecule has 0 bridgehead atoms. The normalized spacial score (nSPS) is 15.2. The zero-order valence-electron chi connectivity index (χ0n) is 15.9. The largest absolute Gasteiger partial charge is 0.573 e. The lowest BCUT2D eigenvalue weighted by Crippen LogP contribution is -2.30. The number of anilines is 1. The number of furan rings is 1. The molecule has 1 amide bonds. The molecule has 1 heterocycles. The van der Waals surface area contributed by atoms with Crippen molar-refractivity contribution in [3.63, 3.8) is 0 Å². The Kier molecular flexibility index (Phi) is 6.27. The van der Waals surface area contributed by atoms with E-state index in [-0.39, 0.29) is 11.7 Å². The summed E-state index contributed by atoms with van der Waals surface area (Å²) in [5, 5.41) is 1.90. The number of rotatable bonds is 8. The van der Waals surface area contributed by atoms with E-state index in [1.165, 1.54) is 19.1 Å². The molecule has 1 aliphatic carbocycles. The molecule has 1 aromatic heterocycles. The highest BCUT2D eigenvalue weighted by Crippen LogP contribution is 2.25. The van der Waals surface area contributed by atoms with E-state index in [1.54, 1.807) is 0 Å². The van der Waals surface area contributed by atoms with Gasteiger partial charge in [-0.25, -0.2) is 17.9 Å². The zero-order valence-corrected chi connectivity index (χ0v) is 16.7. The van der Waals surface area contributed by atoms with Gasteiger partial charge in [-0.2, -0.15) is 0 Å². The van der Waals surface area contributed by atoms with Crippen molar-refractivity contribution in [1.82, 2.24) is 4.72 Å². The second-order valence-corrected chi connectivity index (χ2v) is 8.27. The maximum atomic E-state index is 12.2. The van der Waals surface area contributed by atoms with Crippen LogP contribution in [0.1, 0.15) is 30.3 Å². The Morgan fingerprint density at radius 3 is 2.35 bits per heavy atom. The molecule has 0 spiro atoms. The van der Waals surface area contributed by atoms with Gasteiger partial charge in [-0.3, -0.25) is 4.79 Å². The zero-order chi connectivity index (χ0) is 22.8. The molecular weight excluding hydrogens is 445 g/mol. The van der Waals surface area contributed by atoms with E-state index in [0.29, 0.717) is 0 Å². The Morgan fingerprint density at radius 1 is 1.13 bits per heavy atom. The van der Waals surface area contributed by atoms with Crippen molar-refractivity contribution < 1.29 is 45.1 Å². The molecule has 1 unspecified atom stereocenters. The van der Waals surface area contributed by atoms with Gasteiger partial charge >= 0.3 is 12.3 Å². The van der Waals surface area contributed by atoms with E-state index in [1.807, 2.05) is 0 Å². The minimum absolute atomic E-state index is 0.139. The molecule has 31 heavy (non-hydrogen) atoms. The second-order valence-electron chi connectivity index (χ2n) is 6.62. The third-order valence-corrected chi connectivity index (χ3v) is 5.35. The van der Waals surface area contributed by atoms with E-state index >= 15 is 0 Å². The van der Waals surface area contributed by atoms with Crippen molar-refractivity contribution in [2.75, 3.05) is 5.32 Å². The molecule has 2 aromatic rings. The van der Waals surface area contributed by atoms with Crippen molar-refractivity contribution in [1.29, 1.82) is 0 Å². The third kappa shape index (κ3) is 6.46. The standard InChI is InChI=1S/C18H17F3N2O7S/c1-10(16(24)22-11-4-6-13(7-5-11)30-18(19,20)21)28-17(25)14-8-9-15(29-14)31(26,27)23-12-2-3-12/h4-10,12,23H,2-3H2,1H3,(H,22,24). The van der Waals surface area contributed by atoms with Crippen LogP contribution in [-0.2, 0) is 19.6 Å². The molecule has 0 aliphatic heterocycles. The van der Waals surface area contributed by atoms with Gasteiger partial charge < -0.3 is 19.2 Å². The Labute approximate surface area is 174 Å². The predicted octanol–water partition coefficient (Wildman–Crippen LogP) is 2.80. The van der Waals surface area contributed by atoms with Crippen LogP contribution in [0.25, 0.3) is 0 Å². The number of esters is 1. The number of ether oxygens (including phenoxy) is 2. The van der Waals surface area contributed by atoms with E-state index in [0.717, 1.165) is 37.1 Å². The molecule has 3 rings (SSSR count). The van der Waals surface area contributed by atoms with Crippen molar-refractivity contribution >= 4 is 27.6 Å². The topological polar surface area (TPSA) is 124 Å². The van der Waals surface area contributed by atoms with Gasteiger partial charge in [-0.15, -0.1) is 13.2 Å². The molecule has 1 atom stereocenters.